The highest BCUT2D eigenvalue weighted by molar-refractivity contribution is 7.92. The molecule has 0 atom stereocenters. The molecule has 6 heteroatoms. The zero-order valence-corrected chi connectivity index (χ0v) is 12.4. The quantitative estimate of drug-likeness (QED) is 0.835. The van der Waals surface area contributed by atoms with Gasteiger partial charge in [-0.3, -0.25) is 9.71 Å². The first-order valence-electron chi connectivity index (χ1n) is 6.14. The lowest BCUT2D eigenvalue weighted by Crippen LogP contribution is -2.18. The van der Waals surface area contributed by atoms with E-state index in [-0.39, 0.29) is 5.75 Å². The van der Waals surface area contributed by atoms with Crippen molar-refractivity contribution in [3.8, 4) is 0 Å². The standard InChI is InChI=1S/C14H15ClN2O2S/c15-11-12-4-3-6-14(10-12)17-20(18,19)9-7-13-5-1-2-8-16-13/h1-6,8,10,17H,7,9,11H2. The molecule has 0 unspecified atom stereocenters. The highest BCUT2D eigenvalue weighted by Crippen LogP contribution is 2.14. The van der Waals surface area contributed by atoms with Gasteiger partial charge in [0.25, 0.3) is 0 Å². The van der Waals surface area contributed by atoms with Crippen LogP contribution in [0.1, 0.15) is 11.3 Å². The van der Waals surface area contributed by atoms with Crippen LogP contribution >= 0.6 is 11.6 Å². The molecule has 0 saturated carbocycles. The number of sulfonamides is 1. The van der Waals surface area contributed by atoms with Crippen LogP contribution in [-0.2, 0) is 22.3 Å². The van der Waals surface area contributed by atoms with Gasteiger partial charge < -0.3 is 0 Å². The minimum Gasteiger partial charge on any atom is -0.284 e. The summed E-state index contributed by atoms with van der Waals surface area (Å²) in [6.45, 7) is 0. The Morgan fingerprint density at radius 2 is 2.00 bits per heavy atom. The zero-order chi connectivity index (χ0) is 14.4. The highest BCUT2D eigenvalue weighted by atomic mass is 35.5. The van der Waals surface area contributed by atoms with Crippen LogP contribution < -0.4 is 4.72 Å². The average molecular weight is 311 g/mol. The molecule has 0 aliphatic heterocycles. The van der Waals surface area contributed by atoms with E-state index >= 15 is 0 Å². The molecule has 0 fully saturated rings. The van der Waals surface area contributed by atoms with Gasteiger partial charge in [0.15, 0.2) is 0 Å². The van der Waals surface area contributed by atoms with Gasteiger partial charge in [0.1, 0.15) is 0 Å². The third-order valence-electron chi connectivity index (χ3n) is 2.71. The van der Waals surface area contributed by atoms with Crippen LogP contribution in [0.2, 0.25) is 0 Å². The van der Waals surface area contributed by atoms with Gasteiger partial charge in [-0.2, -0.15) is 0 Å². The second kappa shape index (κ2) is 6.72. The normalized spacial score (nSPS) is 11.2. The molecule has 0 radical (unpaired) electrons. The van der Waals surface area contributed by atoms with Gasteiger partial charge in [0, 0.05) is 29.9 Å². The topological polar surface area (TPSA) is 59.1 Å². The predicted octanol–water partition coefficient (Wildman–Crippen LogP) is 2.80. The van der Waals surface area contributed by atoms with Crippen molar-refractivity contribution in [2.75, 3.05) is 10.5 Å². The molecule has 0 aliphatic rings. The number of halogens is 1. The molecule has 1 aromatic carbocycles. The number of aromatic nitrogens is 1. The van der Waals surface area contributed by atoms with Gasteiger partial charge >= 0.3 is 0 Å². The SMILES string of the molecule is O=S(=O)(CCc1ccccn1)Nc1cccc(CCl)c1. The lowest BCUT2D eigenvalue weighted by atomic mass is 10.2. The van der Waals surface area contributed by atoms with Crippen LogP contribution in [-0.4, -0.2) is 19.2 Å². The predicted molar refractivity (Wildman–Crippen MR) is 81.3 cm³/mol. The number of nitrogens with zero attached hydrogens (tertiary/aromatic N) is 1. The van der Waals surface area contributed by atoms with E-state index in [9.17, 15) is 8.42 Å². The second-order valence-corrected chi connectivity index (χ2v) is 6.44. The lowest BCUT2D eigenvalue weighted by Gasteiger charge is -2.08. The number of benzene rings is 1. The third kappa shape index (κ3) is 4.51. The molecule has 0 saturated heterocycles. The minimum absolute atomic E-state index is 0.00485. The van der Waals surface area contributed by atoms with Gasteiger partial charge in [-0.05, 0) is 29.8 Å². The Kier molecular flexibility index (Phi) is 4.98. The van der Waals surface area contributed by atoms with E-state index in [2.05, 4.69) is 9.71 Å². The average Bonchev–Trinajstić information content (AvgIpc) is 2.46. The summed E-state index contributed by atoms with van der Waals surface area (Å²) in [6.07, 6.45) is 2.03. The second-order valence-electron chi connectivity index (χ2n) is 4.33. The van der Waals surface area contributed by atoms with Gasteiger partial charge in [-0.15, -0.1) is 11.6 Å². The molecule has 1 N–H and O–H groups in total. The Morgan fingerprint density at radius 1 is 1.15 bits per heavy atom. The fourth-order valence-electron chi connectivity index (χ4n) is 1.73. The van der Waals surface area contributed by atoms with Crippen molar-refractivity contribution in [1.29, 1.82) is 0 Å². The molecule has 2 rings (SSSR count). The monoisotopic (exact) mass is 310 g/mol. The lowest BCUT2D eigenvalue weighted by molar-refractivity contribution is 0.600. The molecule has 0 aliphatic carbocycles. The van der Waals surface area contributed by atoms with Crippen molar-refractivity contribution < 1.29 is 8.42 Å². The summed E-state index contributed by atoms with van der Waals surface area (Å²) in [6, 6.07) is 12.5. The van der Waals surface area contributed by atoms with Crippen molar-refractivity contribution in [1.82, 2.24) is 4.98 Å². The van der Waals surface area contributed by atoms with E-state index < -0.39 is 10.0 Å². The van der Waals surface area contributed by atoms with E-state index in [4.69, 9.17) is 11.6 Å². The van der Waals surface area contributed by atoms with E-state index in [0.29, 0.717) is 18.0 Å². The molecule has 2 aromatic rings. The molecule has 0 spiro atoms. The number of hydrogen-bond acceptors (Lipinski definition) is 3. The van der Waals surface area contributed by atoms with Gasteiger partial charge in [0.05, 0.1) is 5.75 Å². The van der Waals surface area contributed by atoms with Gasteiger partial charge in [0.2, 0.25) is 10.0 Å². The molecule has 106 valence electrons. The smallest absolute Gasteiger partial charge is 0.233 e. The Morgan fingerprint density at radius 3 is 2.70 bits per heavy atom. The Labute approximate surface area is 123 Å². The summed E-state index contributed by atoms with van der Waals surface area (Å²) in [5.74, 6) is 0.346. The summed E-state index contributed by atoms with van der Waals surface area (Å²) in [5.41, 5.74) is 2.16. The molecule has 1 aromatic heterocycles. The first kappa shape index (κ1) is 14.8. The number of aryl methyl sites for hydroxylation is 1. The van der Waals surface area contributed by atoms with Crippen molar-refractivity contribution >= 4 is 27.3 Å². The molecule has 0 amide bonds. The summed E-state index contributed by atoms with van der Waals surface area (Å²) >= 11 is 5.73. The maximum Gasteiger partial charge on any atom is 0.233 e. The van der Waals surface area contributed by atoms with E-state index in [1.54, 1.807) is 30.5 Å². The van der Waals surface area contributed by atoms with Crippen LogP contribution in [0.15, 0.2) is 48.7 Å². The van der Waals surface area contributed by atoms with Crippen molar-refractivity contribution in [3.05, 3.63) is 59.9 Å². The number of hydrogen-bond donors (Lipinski definition) is 1. The van der Waals surface area contributed by atoms with Crippen molar-refractivity contribution in [2.24, 2.45) is 0 Å². The van der Waals surface area contributed by atoms with Crippen molar-refractivity contribution in [2.45, 2.75) is 12.3 Å². The first-order chi connectivity index (χ1) is 9.59. The van der Waals surface area contributed by atoms with Crippen LogP contribution in [0.25, 0.3) is 0 Å². The highest BCUT2D eigenvalue weighted by Gasteiger charge is 2.11. The fraction of sp³-hybridized carbons (Fsp3) is 0.214. The minimum atomic E-state index is -3.39. The van der Waals surface area contributed by atoms with Crippen LogP contribution in [0.3, 0.4) is 0 Å². The van der Waals surface area contributed by atoms with E-state index in [1.165, 1.54) is 0 Å². The Hall–Kier alpha value is -1.59. The van der Waals surface area contributed by atoms with Crippen molar-refractivity contribution in [3.63, 3.8) is 0 Å². The number of pyridine rings is 1. The number of alkyl halides is 1. The number of rotatable bonds is 6. The summed E-state index contributed by atoms with van der Waals surface area (Å²) < 4.78 is 26.6. The summed E-state index contributed by atoms with van der Waals surface area (Å²) in [5, 5.41) is 0. The molecule has 4 nitrogen and oxygen atoms in total. The Bertz CT molecular complexity index is 660. The summed E-state index contributed by atoms with van der Waals surface area (Å²) in [4.78, 5) is 4.11. The Balaban J connectivity index is 2.00. The number of nitrogens with one attached hydrogen (secondary N) is 1. The maximum atomic E-state index is 12.0. The molecule has 20 heavy (non-hydrogen) atoms. The molecular formula is C14H15ClN2O2S. The summed E-state index contributed by atoms with van der Waals surface area (Å²) in [7, 11) is -3.39. The first-order valence-corrected chi connectivity index (χ1v) is 8.33. The van der Waals surface area contributed by atoms with Crippen LogP contribution in [0.4, 0.5) is 5.69 Å². The van der Waals surface area contributed by atoms with Gasteiger partial charge in [-0.25, -0.2) is 8.42 Å². The molecule has 0 bridgehead atoms. The van der Waals surface area contributed by atoms with Crippen LogP contribution in [0, 0.1) is 0 Å². The third-order valence-corrected chi connectivity index (χ3v) is 4.30. The number of anilines is 1. The zero-order valence-electron chi connectivity index (χ0n) is 10.8. The molecular weight excluding hydrogens is 296 g/mol. The van der Waals surface area contributed by atoms with Gasteiger partial charge in [-0.1, -0.05) is 18.2 Å². The molecule has 1 heterocycles. The fourth-order valence-corrected chi connectivity index (χ4v) is 2.97. The van der Waals surface area contributed by atoms with Crippen LogP contribution in [0.5, 0.6) is 0 Å². The largest absolute Gasteiger partial charge is 0.284 e. The maximum absolute atomic E-state index is 12.0. The van der Waals surface area contributed by atoms with E-state index in [1.807, 2.05) is 18.2 Å². The van der Waals surface area contributed by atoms with E-state index in [0.717, 1.165) is 11.3 Å².